The number of thiophene rings is 1. The average Bonchev–Trinajstić information content (AvgIpc) is 3.31. The van der Waals surface area contributed by atoms with Crippen LogP contribution in [-0.4, -0.2) is 56.3 Å². The minimum Gasteiger partial charge on any atom is -0.455 e. The molecule has 1 aliphatic rings. The van der Waals surface area contributed by atoms with Crippen LogP contribution in [-0.2, 0) is 11.3 Å². The van der Waals surface area contributed by atoms with Crippen LogP contribution in [0.3, 0.4) is 0 Å². The number of ether oxygens (including phenoxy) is 1. The third-order valence-electron chi connectivity index (χ3n) is 7.57. The molecule has 1 N–H and O–H groups in total. The van der Waals surface area contributed by atoms with Crippen LogP contribution in [0, 0.1) is 13.8 Å². The summed E-state index contributed by atoms with van der Waals surface area (Å²) in [4.78, 5) is 32.8. The number of pyridine rings is 1. The number of nitrogens with one attached hydrogen (secondary N) is 1. The normalized spacial score (nSPS) is 15.5. The summed E-state index contributed by atoms with van der Waals surface area (Å²) in [7, 11) is 2.07. The van der Waals surface area contributed by atoms with Crippen molar-refractivity contribution in [1.82, 2.24) is 24.8 Å². The summed E-state index contributed by atoms with van der Waals surface area (Å²) in [5.74, 6) is 2.47. The number of aromatic nitrogens is 3. The highest BCUT2D eigenvalue weighted by atomic mass is 32.1. The second kappa shape index (κ2) is 11.6. The van der Waals surface area contributed by atoms with Gasteiger partial charge in [-0.05, 0) is 83.1 Å². The third kappa shape index (κ3) is 6.41. The molecule has 3 aromatic heterocycles. The van der Waals surface area contributed by atoms with E-state index in [4.69, 9.17) is 4.74 Å². The van der Waals surface area contributed by atoms with Crippen LogP contribution in [0.15, 0.2) is 55.0 Å². The lowest BCUT2D eigenvalue weighted by atomic mass is 9.94. The Hall–Kier alpha value is -3.82. The van der Waals surface area contributed by atoms with E-state index in [2.05, 4.69) is 66.0 Å². The van der Waals surface area contributed by atoms with Crippen molar-refractivity contribution in [3.63, 3.8) is 0 Å². The zero-order valence-electron chi connectivity index (χ0n) is 24.9. The van der Waals surface area contributed by atoms with Crippen LogP contribution in [0.5, 0.6) is 11.5 Å². The molecule has 0 aliphatic carbocycles. The molecule has 214 valence electrons. The van der Waals surface area contributed by atoms with E-state index in [1.165, 1.54) is 10.4 Å². The topological polar surface area (TPSA) is 83.5 Å². The zero-order chi connectivity index (χ0) is 29.3. The molecule has 0 fully saturated rings. The lowest BCUT2D eigenvalue weighted by Crippen LogP contribution is -2.38. The first-order valence-electron chi connectivity index (χ1n) is 13.9. The van der Waals surface area contributed by atoms with Crippen molar-refractivity contribution in [2.75, 3.05) is 25.5 Å². The van der Waals surface area contributed by atoms with Gasteiger partial charge in [-0.1, -0.05) is 13.0 Å². The number of aryl methyl sites for hydroxylation is 2. The Morgan fingerprint density at radius 1 is 1.20 bits per heavy atom. The minimum atomic E-state index is 0.0471. The monoisotopic (exact) mass is 570 g/mol. The number of hydrogen-bond donors (Lipinski definition) is 1. The lowest BCUT2D eigenvalue weighted by molar-refractivity contribution is -0.127. The Morgan fingerprint density at radius 2 is 2.00 bits per heavy atom. The van der Waals surface area contributed by atoms with Crippen LogP contribution in [0.2, 0.25) is 0 Å². The summed E-state index contributed by atoms with van der Waals surface area (Å²) in [6.45, 7) is 14.6. The molecular formula is C32H38N6O2S. The van der Waals surface area contributed by atoms with Gasteiger partial charge in [-0.2, -0.15) is 0 Å². The summed E-state index contributed by atoms with van der Waals surface area (Å²) in [6.07, 6.45) is 7.01. The van der Waals surface area contributed by atoms with Crippen molar-refractivity contribution >= 4 is 39.0 Å². The molecule has 0 saturated heterocycles. The number of benzene rings is 1. The van der Waals surface area contributed by atoms with Gasteiger partial charge in [0.1, 0.15) is 28.5 Å². The van der Waals surface area contributed by atoms with Crippen molar-refractivity contribution in [2.45, 2.75) is 59.5 Å². The van der Waals surface area contributed by atoms with Crippen LogP contribution < -0.4 is 10.1 Å². The third-order valence-corrected chi connectivity index (χ3v) is 8.67. The predicted octanol–water partition coefficient (Wildman–Crippen LogP) is 6.97. The summed E-state index contributed by atoms with van der Waals surface area (Å²) < 4.78 is 6.04. The molecule has 41 heavy (non-hydrogen) atoms. The zero-order valence-corrected chi connectivity index (χ0v) is 25.7. The molecule has 8 nitrogen and oxygen atoms in total. The Balaban J connectivity index is 1.34. The van der Waals surface area contributed by atoms with Gasteiger partial charge >= 0.3 is 0 Å². The number of fused-ring (bicyclic) bond motifs is 3. The number of anilines is 2. The molecular weight excluding hydrogens is 532 g/mol. The maximum atomic E-state index is 13.1. The number of carbonyl (C=O) groups excluding carboxylic acids is 1. The number of amides is 1. The minimum absolute atomic E-state index is 0.0471. The van der Waals surface area contributed by atoms with Gasteiger partial charge < -0.3 is 15.0 Å². The smallest absolute Gasteiger partial charge is 0.246 e. The van der Waals surface area contributed by atoms with Gasteiger partial charge in [-0.3, -0.25) is 14.7 Å². The molecule has 0 unspecified atom stereocenters. The number of carbonyl (C=O) groups is 1. The van der Waals surface area contributed by atoms with E-state index in [9.17, 15) is 4.79 Å². The Labute approximate surface area is 246 Å². The van der Waals surface area contributed by atoms with Gasteiger partial charge in [0, 0.05) is 46.9 Å². The second-order valence-corrected chi connectivity index (χ2v) is 12.8. The second-order valence-electron chi connectivity index (χ2n) is 11.8. The molecule has 0 spiro atoms. The average molecular weight is 571 g/mol. The number of nitrogens with zero attached hydrogens (tertiary/aromatic N) is 5. The fourth-order valence-electron chi connectivity index (χ4n) is 4.87. The van der Waals surface area contributed by atoms with Crippen molar-refractivity contribution < 1.29 is 9.53 Å². The largest absolute Gasteiger partial charge is 0.455 e. The fourth-order valence-corrected chi connectivity index (χ4v) is 6.15. The van der Waals surface area contributed by atoms with Gasteiger partial charge in [0.15, 0.2) is 0 Å². The van der Waals surface area contributed by atoms with Crippen molar-refractivity contribution in [3.8, 4) is 11.5 Å². The summed E-state index contributed by atoms with van der Waals surface area (Å²) in [5, 5.41) is 4.56. The molecule has 1 aromatic carbocycles. The van der Waals surface area contributed by atoms with Crippen LogP contribution >= 0.6 is 11.3 Å². The van der Waals surface area contributed by atoms with Crippen molar-refractivity contribution in [2.24, 2.45) is 0 Å². The first-order chi connectivity index (χ1) is 19.5. The summed E-state index contributed by atoms with van der Waals surface area (Å²) >= 11 is 1.65. The maximum absolute atomic E-state index is 13.1. The van der Waals surface area contributed by atoms with E-state index in [0.29, 0.717) is 18.8 Å². The summed E-state index contributed by atoms with van der Waals surface area (Å²) in [6, 6.07) is 9.85. The molecule has 9 heteroatoms. The molecule has 1 aliphatic heterocycles. The molecule has 0 bridgehead atoms. The molecule has 5 rings (SSSR count). The fraction of sp³-hybridized carbons (Fsp3) is 0.375. The number of rotatable bonds is 7. The number of likely N-dealkylation sites (N-methyl/N-ethyl adjacent to an activating group) is 1. The number of hydrogen-bond acceptors (Lipinski definition) is 8. The summed E-state index contributed by atoms with van der Waals surface area (Å²) in [5.41, 5.74) is 4.15. The first-order valence-corrected chi connectivity index (χ1v) is 14.7. The van der Waals surface area contributed by atoms with E-state index in [-0.39, 0.29) is 17.4 Å². The van der Waals surface area contributed by atoms with Gasteiger partial charge in [0.2, 0.25) is 5.91 Å². The SMILES string of the molecule is Cc1ccc(Oc2ccc(Nc3ncnc4sc5c(c34)[C@H](C)CN(C(=O)C=CCN(C)C(C)(C)C)C5)cc2C)cn1. The van der Waals surface area contributed by atoms with Crippen LogP contribution in [0.4, 0.5) is 11.5 Å². The highest BCUT2D eigenvalue weighted by Crippen LogP contribution is 2.42. The van der Waals surface area contributed by atoms with Gasteiger partial charge in [-0.25, -0.2) is 9.97 Å². The molecule has 4 aromatic rings. The van der Waals surface area contributed by atoms with E-state index in [1.807, 2.05) is 49.1 Å². The first kappa shape index (κ1) is 28.7. The Morgan fingerprint density at radius 3 is 2.71 bits per heavy atom. The van der Waals surface area contributed by atoms with Crippen LogP contribution in [0.25, 0.3) is 10.2 Å². The van der Waals surface area contributed by atoms with Crippen molar-refractivity contribution in [3.05, 3.63) is 76.7 Å². The van der Waals surface area contributed by atoms with E-state index < -0.39 is 0 Å². The lowest BCUT2D eigenvalue weighted by Gasteiger charge is -2.31. The molecule has 0 radical (unpaired) electrons. The molecule has 1 atom stereocenters. The Kier molecular flexibility index (Phi) is 8.11. The van der Waals surface area contributed by atoms with Crippen molar-refractivity contribution in [1.29, 1.82) is 0 Å². The van der Waals surface area contributed by atoms with Gasteiger partial charge in [-0.15, -0.1) is 11.3 Å². The Bertz CT molecular complexity index is 1590. The van der Waals surface area contributed by atoms with E-state index in [0.717, 1.165) is 45.3 Å². The van der Waals surface area contributed by atoms with Crippen LogP contribution in [0.1, 0.15) is 55.3 Å². The molecule has 0 saturated carbocycles. The quantitative estimate of drug-likeness (QED) is 0.240. The maximum Gasteiger partial charge on any atom is 0.246 e. The highest BCUT2D eigenvalue weighted by Gasteiger charge is 2.30. The molecule has 4 heterocycles. The van der Waals surface area contributed by atoms with E-state index >= 15 is 0 Å². The van der Waals surface area contributed by atoms with E-state index in [1.54, 1.807) is 29.9 Å². The predicted molar refractivity (Wildman–Crippen MR) is 166 cm³/mol. The molecule has 1 amide bonds. The standard InChI is InChI=1S/C32H38N6O2S/c1-20-15-23(11-13-25(20)40-24-12-10-22(3)33-16-24)36-30-29-28-21(2)17-38(18-26(28)41-31(29)35-19-34-30)27(39)9-8-14-37(7)32(4,5)6/h8-13,15-16,19,21H,14,17-18H2,1-7H3,(H,34,35,36)/t21-/m1/s1. The highest BCUT2D eigenvalue weighted by molar-refractivity contribution is 7.19. The van der Waals surface area contributed by atoms with Gasteiger partial charge in [0.05, 0.1) is 18.1 Å². The van der Waals surface area contributed by atoms with Gasteiger partial charge in [0.25, 0.3) is 0 Å².